The van der Waals surface area contributed by atoms with Crippen LogP contribution in [0.5, 0.6) is 5.75 Å². The molecule has 4 aromatic rings. The Hall–Kier alpha value is -4.12. The van der Waals surface area contributed by atoms with Gasteiger partial charge in [0.05, 0.1) is 11.7 Å². The summed E-state index contributed by atoms with van der Waals surface area (Å²) in [6.07, 6.45) is 1.74. The number of fused-ring (bicyclic) bond motifs is 1. The minimum Gasteiger partial charge on any atom is -0.550 e. The van der Waals surface area contributed by atoms with Crippen LogP contribution in [0, 0.1) is 11.3 Å². The Balaban J connectivity index is 1.61. The van der Waals surface area contributed by atoms with E-state index < -0.39 is 5.97 Å². The smallest absolute Gasteiger partial charge is 0.258 e. The van der Waals surface area contributed by atoms with Gasteiger partial charge in [-0.05, 0) is 56.3 Å². The molecule has 2 aromatic heterocycles. The molecule has 2 aromatic carbocycles. The molecule has 0 aliphatic carbocycles. The second-order valence-corrected chi connectivity index (χ2v) is 7.32. The molecule has 156 valence electrons. The Bertz CT molecular complexity index is 1300. The Morgan fingerprint density at radius 1 is 1.23 bits per heavy atom. The number of carbonyl (C=O) groups is 1. The minimum absolute atomic E-state index is 0.0430. The Labute approximate surface area is 178 Å². The third kappa shape index (κ3) is 4.26. The first-order chi connectivity index (χ1) is 14.9. The summed E-state index contributed by atoms with van der Waals surface area (Å²) in [4.78, 5) is 15.2. The number of hydrogen-bond donors (Lipinski definition) is 0. The maximum Gasteiger partial charge on any atom is 0.258 e. The molecule has 0 saturated carbocycles. The fourth-order valence-electron chi connectivity index (χ4n) is 3.31. The predicted octanol–water partition coefficient (Wildman–Crippen LogP) is 3.16. The van der Waals surface area contributed by atoms with Crippen LogP contribution in [0.4, 0.5) is 0 Å². The quantitative estimate of drug-likeness (QED) is 0.455. The Morgan fingerprint density at radius 2 is 2.03 bits per heavy atom. The van der Waals surface area contributed by atoms with E-state index in [0.29, 0.717) is 35.1 Å². The van der Waals surface area contributed by atoms with E-state index in [1.807, 2.05) is 48.9 Å². The van der Waals surface area contributed by atoms with Gasteiger partial charge < -0.3 is 23.7 Å². The summed E-state index contributed by atoms with van der Waals surface area (Å²) in [6.45, 7) is 4.14. The highest BCUT2D eigenvalue weighted by atomic mass is 16.5. The lowest BCUT2D eigenvalue weighted by atomic mass is 10.1. The van der Waals surface area contributed by atoms with E-state index in [2.05, 4.69) is 16.2 Å². The van der Waals surface area contributed by atoms with Gasteiger partial charge in [0.15, 0.2) is 0 Å². The SMILES string of the molecule is CC(C)Oc1ccc(-c2nc(-c3ccc4c(ccn4CCC(=O)[O-])c3)no2)cc1C#N. The molecule has 0 aliphatic rings. The number of benzene rings is 2. The number of aliphatic carboxylic acids is 1. The standard InChI is InChI=1S/C23H20N4O4/c1-14(2)30-20-6-4-17(12-18(20)13-24)23-25-22(26-31-23)16-3-5-19-15(11-16)7-9-27(19)10-8-21(28)29/h3-7,9,11-12,14H,8,10H2,1-2H3,(H,28,29)/p-1. The third-order valence-corrected chi connectivity index (χ3v) is 4.72. The van der Waals surface area contributed by atoms with Crippen LogP contribution in [-0.4, -0.2) is 26.8 Å². The number of ether oxygens (including phenoxy) is 1. The molecule has 0 radical (unpaired) electrons. The highest BCUT2D eigenvalue weighted by Gasteiger charge is 2.15. The van der Waals surface area contributed by atoms with Gasteiger partial charge in [-0.2, -0.15) is 10.2 Å². The number of hydrogen-bond acceptors (Lipinski definition) is 7. The van der Waals surface area contributed by atoms with Gasteiger partial charge in [0, 0.05) is 47.2 Å². The summed E-state index contributed by atoms with van der Waals surface area (Å²) in [5, 5.41) is 25.1. The Morgan fingerprint density at radius 3 is 2.77 bits per heavy atom. The summed E-state index contributed by atoms with van der Waals surface area (Å²) in [5.74, 6) is 0.144. The van der Waals surface area contributed by atoms with Gasteiger partial charge in [-0.3, -0.25) is 0 Å². The van der Waals surface area contributed by atoms with Gasteiger partial charge in [-0.1, -0.05) is 5.16 Å². The number of carboxylic acid groups (broad SMARTS) is 1. The van der Waals surface area contributed by atoms with Crippen molar-refractivity contribution >= 4 is 16.9 Å². The van der Waals surface area contributed by atoms with Crippen molar-refractivity contribution < 1.29 is 19.2 Å². The molecule has 31 heavy (non-hydrogen) atoms. The fraction of sp³-hybridized carbons (Fsp3) is 0.217. The first-order valence-corrected chi connectivity index (χ1v) is 9.78. The normalized spacial score (nSPS) is 11.0. The molecule has 0 spiro atoms. The molecule has 0 N–H and O–H groups in total. The number of nitriles is 1. The van der Waals surface area contributed by atoms with E-state index in [1.54, 1.807) is 18.2 Å². The second kappa shape index (κ2) is 8.32. The maximum absolute atomic E-state index is 10.7. The highest BCUT2D eigenvalue weighted by Crippen LogP contribution is 2.29. The zero-order valence-electron chi connectivity index (χ0n) is 17.0. The van der Waals surface area contributed by atoms with E-state index in [9.17, 15) is 15.2 Å². The van der Waals surface area contributed by atoms with Crippen molar-refractivity contribution in [3.63, 3.8) is 0 Å². The zero-order chi connectivity index (χ0) is 22.0. The first-order valence-electron chi connectivity index (χ1n) is 9.78. The van der Waals surface area contributed by atoms with Crippen LogP contribution in [0.15, 0.2) is 53.2 Å². The van der Waals surface area contributed by atoms with Gasteiger partial charge in [-0.25, -0.2) is 0 Å². The van der Waals surface area contributed by atoms with Crippen molar-refractivity contribution in [3.8, 4) is 34.7 Å². The van der Waals surface area contributed by atoms with Crippen molar-refractivity contribution in [2.45, 2.75) is 32.9 Å². The number of nitrogens with zero attached hydrogens (tertiary/aromatic N) is 4. The van der Waals surface area contributed by atoms with E-state index in [0.717, 1.165) is 16.5 Å². The van der Waals surface area contributed by atoms with E-state index in [1.165, 1.54) is 0 Å². The van der Waals surface area contributed by atoms with Gasteiger partial charge in [0.25, 0.3) is 5.89 Å². The van der Waals surface area contributed by atoms with Crippen LogP contribution in [0.25, 0.3) is 33.7 Å². The lowest BCUT2D eigenvalue weighted by Gasteiger charge is -2.11. The molecule has 8 nitrogen and oxygen atoms in total. The van der Waals surface area contributed by atoms with Gasteiger partial charge >= 0.3 is 0 Å². The molecular weight excluding hydrogens is 396 g/mol. The van der Waals surface area contributed by atoms with Crippen LogP contribution in [0.1, 0.15) is 25.8 Å². The predicted molar refractivity (Wildman–Crippen MR) is 111 cm³/mol. The number of aryl methyl sites for hydroxylation is 1. The number of carbonyl (C=O) groups excluding carboxylic acids is 1. The second-order valence-electron chi connectivity index (χ2n) is 7.32. The average molecular weight is 415 g/mol. The molecular formula is C23H19N4O4-. The van der Waals surface area contributed by atoms with Crippen molar-refractivity contribution in [3.05, 3.63) is 54.2 Å². The van der Waals surface area contributed by atoms with Crippen LogP contribution in [-0.2, 0) is 11.3 Å². The number of rotatable bonds is 7. The lowest BCUT2D eigenvalue weighted by molar-refractivity contribution is -0.305. The van der Waals surface area contributed by atoms with Crippen LogP contribution >= 0.6 is 0 Å². The molecule has 4 rings (SSSR count). The van der Waals surface area contributed by atoms with E-state index in [4.69, 9.17) is 9.26 Å². The monoisotopic (exact) mass is 415 g/mol. The topological polar surface area (TPSA) is 117 Å². The fourth-order valence-corrected chi connectivity index (χ4v) is 3.31. The number of aromatic nitrogens is 3. The molecule has 0 fully saturated rings. The summed E-state index contributed by atoms with van der Waals surface area (Å²) >= 11 is 0. The van der Waals surface area contributed by atoms with Crippen molar-refractivity contribution in [1.82, 2.24) is 14.7 Å². The third-order valence-electron chi connectivity index (χ3n) is 4.72. The minimum atomic E-state index is -1.08. The highest BCUT2D eigenvalue weighted by molar-refractivity contribution is 5.84. The van der Waals surface area contributed by atoms with E-state index in [-0.39, 0.29) is 12.5 Å². The lowest BCUT2D eigenvalue weighted by Crippen LogP contribution is -2.23. The number of carboxylic acids is 1. The first kappa shape index (κ1) is 20.2. The van der Waals surface area contributed by atoms with Gasteiger partial charge in [0.1, 0.15) is 11.8 Å². The summed E-state index contributed by atoms with van der Waals surface area (Å²) in [7, 11) is 0. The van der Waals surface area contributed by atoms with E-state index >= 15 is 0 Å². The molecule has 0 saturated heterocycles. The van der Waals surface area contributed by atoms with Crippen LogP contribution in [0.2, 0.25) is 0 Å². The average Bonchev–Trinajstić information content (AvgIpc) is 3.39. The Kier molecular flexibility index (Phi) is 5.41. The maximum atomic E-state index is 10.7. The van der Waals surface area contributed by atoms with Crippen LogP contribution < -0.4 is 9.84 Å². The molecule has 0 unspecified atom stereocenters. The molecule has 2 heterocycles. The van der Waals surface area contributed by atoms with Gasteiger partial charge in [-0.15, -0.1) is 0 Å². The van der Waals surface area contributed by atoms with Crippen LogP contribution in [0.3, 0.4) is 0 Å². The molecule has 0 atom stereocenters. The van der Waals surface area contributed by atoms with Crippen molar-refractivity contribution in [1.29, 1.82) is 5.26 Å². The summed E-state index contributed by atoms with van der Waals surface area (Å²) in [5.41, 5.74) is 2.69. The summed E-state index contributed by atoms with van der Waals surface area (Å²) < 4.78 is 12.9. The molecule has 0 aliphatic heterocycles. The van der Waals surface area contributed by atoms with Gasteiger partial charge in [0.2, 0.25) is 5.82 Å². The van der Waals surface area contributed by atoms with Crippen molar-refractivity contribution in [2.24, 2.45) is 0 Å². The molecule has 0 amide bonds. The molecule has 0 bridgehead atoms. The zero-order valence-corrected chi connectivity index (χ0v) is 17.0. The molecule has 8 heteroatoms. The van der Waals surface area contributed by atoms with Crippen molar-refractivity contribution in [2.75, 3.05) is 0 Å². The summed E-state index contributed by atoms with van der Waals surface area (Å²) in [6, 6.07) is 14.9. The largest absolute Gasteiger partial charge is 0.550 e.